The molecule has 1 heteroatoms. The van der Waals surface area contributed by atoms with Crippen LogP contribution in [0.3, 0.4) is 0 Å². The van der Waals surface area contributed by atoms with Crippen LogP contribution in [0.5, 0.6) is 0 Å². The maximum absolute atomic E-state index is 4.19. The molecule has 1 nitrogen and oxygen atoms in total. The van der Waals surface area contributed by atoms with Crippen molar-refractivity contribution in [1.29, 1.82) is 0 Å². The summed E-state index contributed by atoms with van der Waals surface area (Å²) in [7, 11) is 0. The van der Waals surface area contributed by atoms with E-state index in [1.165, 1.54) is 17.8 Å². The Hall–Kier alpha value is -0.590. The van der Waals surface area contributed by atoms with E-state index in [1.807, 2.05) is 6.92 Å². The van der Waals surface area contributed by atoms with E-state index in [2.05, 4.69) is 18.0 Å². The summed E-state index contributed by atoms with van der Waals surface area (Å²) >= 11 is 0. The number of nitrogens with zero attached hydrogens (tertiary/aromatic N) is 1. The Labute approximate surface area is 50.1 Å². The number of allylic oxidation sites excluding steroid dienone is 2. The molecular weight excluding hydrogens is 98.1 g/mol. The number of aliphatic imine (C=N–C) groups is 1. The van der Waals surface area contributed by atoms with Crippen LogP contribution in [0.2, 0.25) is 0 Å². The number of hydrogen-bond donors (Lipinski definition) is 0. The van der Waals surface area contributed by atoms with Gasteiger partial charge in [0.15, 0.2) is 0 Å². The van der Waals surface area contributed by atoms with Gasteiger partial charge >= 0.3 is 0 Å². The lowest BCUT2D eigenvalue weighted by atomic mass is 10.1. The van der Waals surface area contributed by atoms with Gasteiger partial charge in [0, 0.05) is 11.4 Å². The Balaban J connectivity index is 2.25. The molecule has 0 N–H and O–H groups in total. The van der Waals surface area contributed by atoms with Crippen molar-refractivity contribution in [2.24, 2.45) is 4.99 Å². The van der Waals surface area contributed by atoms with Crippen LogP contribution >= 0.6 is 0 Å². The minimum Gasteiger partial charge on any atom is -0.258 e. The summed E-state index contributed by atoms with van der Waals surface area (Å²) in [5, 5.41) is 0. The Morgan fingerprint density at radius 2 is 2.25 bits per heavy atom. The summed E-state index contributed by atoms with van der Waals surface area (Å²) in [6.45, 7) is 4.20. The second-order valence-corrected chi connectivity index (χ2v) is 2.14. The van der Waals surface area contributed by atoms with Crippen molar-refractivity contribution < 1.29 is 0 Å². The maximum Gasteiger partial charge on any atom is 0.0424 e. The van der Waals surface area contributed by atoms with Crippen molar-refractivity contribution in [2.45, 2.75) is 26.7 Å². The molecule has 8 heavy (non-hydrogen) atoms. The predicted molar refractivity (Wildman–Crippen MR) is 36.1 cm³/mol. The van der Waals surface area contributed by atoms with Gasteiger partial charge in [-0.15, -0.1) is 0 Å². The summed E-state index contributed by atoms with van der Waals surface area (Å²) in [4.78, 5) is 4.19. The van der Waals surface area contributed by atoms with Gasteiger partial charge in [-0.3, -0.25) is 4.99 Å². The maximum atomic E-state index is 4.19. The summed E-state index contributed by atoms with van der Waals surface area (Å²) in [6, 6.07) is 0. The first kappa shape index (κ1) is 5.54. The van der Waals surface area contributed by atoms with Crippen molar-refractivity contribution in [2.75, 3.05) is 0 Å². The first-order valence-electron chi connectivity index (χ1n) is 3.09. The monoisotopic (exact) mass is 109 g/mol. The smallest absolute Gasteiger partial charge is 0.0424 e. The molecule has 0 atom stereocenters. The van der Waals surface area contributed by atoms with Gasteiger partial charge in [-0.05, 0) is 19.4 Å². The fraction of sp³-hybridized carbons (Fsp3) is 0.571. The largest absolute Gasteiger partial charge is 0.258 e. The van der Waals surface area contributed by atoms with Crippen LogP contribution in [0.25, 0.3) is 0 Å². The number of rotatable bonds is 2. The van der Waals surface area contributed by atoms with Crippen LogP contribution in [0, 0.1) is 0 Å². The zero-order valence-corrected chi connectivity index (χ0v) is 5.44. The third-order valence-corrected chi connectivity index (χ3v) is 1.20. The van der Waals surface area contributed by atoms with Gasteiger partial charge in [-0.2, -0.15) is 0 Å². The van der Waals surface area contributed by atoms with Crippen LogP contribution in [0.15, 0.2) is 16.8 Å². The van der Waals surface area contributed by atoms with E-state index < -0.39 is 0 Å². The van der Waals surface area contributed by atoms with Gasteiger partial charge in [0.1, 0.15) is 0 Å². The van der Waals surface area contributed by atoms with E-state index in [0.717, 1.165) is 6.42 Å². The van der Waals surface area contributed by atoms with Crippen LogP contribution in [0.4, 0.5) is 0 Å². The average Bonchev–Trinajstić information content (AvgIpc) is 1.64. The zero-order chi connectivity index (χ0) is 5.98. The Kier molecular flexibility index (Phi) is 1.47. The van der Waals surface area contributed by atoms with Crippen molar-refractivity contribution in [3.05, 3.63) is 11.8 Å². The Morgan fingerprint density at radius 3 is 2.62 bits per heavy atom. The molecule has 0 aromatic carbocycles. The summed E-state index contributed by atoms with van der Waals surface area (Å²) in [5.74, 6) is 0. The highest BCUT2D eigenvalue weighted by atomic mass is 14.8. The van der Waals surface area contributed by atoms with Crippen molar-refractivity contribution in [1.82, 2.24) is 0 Å². The molecule has 0 bridgehead atoms. The summed E-state index contributed by atoms with van der Waals surface area (Å²) in [6.07, 6.45) is 4.50. The second kappa shape index (κ2) is 2.12. The molecule has 0 amide bonds. The molecule has 1 heterocycles. The molecule has 0 aliphatic carbocycles. The lowest BCUT2D eigenvalue weighted by Gasteiger charge is -2.07. The molecular formula is C7H11N. The Morgan fingerprint density at radius 1 is 1.62 bits per heavy atom. The van der Waals surface area contributed by atoms with Gasteiger partial charge in [-0.25, -0.2) is 0 Å². The van der Waals surface area contributed by atoms with E-state index in [-0.39, 0.29) is 0 Å². The first-order chi connectivity index (χ1) is 3.83. The molecule has 0 radical (unpaired) electrons. The van der Waals surface area contributed by atoms with Crippen molar-refractivity contribution >= 4 is 5.71 Å². The van der Waals surface area contributed by atoms with Gasteiger partial charge in [0.2, 0.25) is 0 Å². The van der Waals surface area contributed by atoms with Crippen molar-refractivity contribution in [3.8, 4) is 0 Å². The first-order valence-corrected chi connectivity index (χ1v) is 3.09. The van der Waals surface area contributed by atoms with Crippen LogP contribution in [-0.2, 0) is 0 Å². The topological polar surface area (TPSA) is 12.4 Å². The Bertz CT molecular complexity index is 142. The molecule has 0 aromatic heterocycles. The van der Waals surface area contributed by atoms with E-state index in [0.29, 0.717) is 0 Å². The molecule has 1 rings (SSSR count). The second-order valence-electron chi connectivity index (χ2n) is 2.14. The van der Waals surface area contributed by atoms with E-state index in [9.17, 15) is 0 Å². The molecule has 0 unspecified atom stereocenters. The van der Waals surface area contributed by atoms with Gasteiger partial charge in [0.05, 0.1) is 0 Å². The third-order valence-electron chi connectivity index (χ3n) is 1.20. The molecule has 1 aliphatic rings. The van der Waals surface area contributed by atoms with Gasteiger partial charge in [0.25, 0.3) is 0 Å². The molecule has 0 aromatic rings. The highest BCUT2D eigenvalue weighted by molar-refractivity contribution is 6.00. The van der Waals surface area contributed by atoms with Gasteiger partial charge < -0.3 is 0 Å². The van der Waals surface area contributed by atoms with E-state index in [1.54, 1.807) is 0 Å². The molecule has 0 saturated heterocycles. The molecule has 1 aliphatic heterocycles. The molecule has 0 saturated carbocycles. The normalized spacial score (nSPS) is 16.8. The quantitative estimate of drug-likeness (QED) is 0.515. The predicted octanol–water partition coefficient (Wildman–Crippen LogP) is 2.14. The van der Waals surface area contributed by atoms with Crippen molar-refractivity contribution in [3.63, 3.8) is 0 Å². The minimum absolute atomic E-state index is 1.15. The molecule has 0 fully saturated rings. The summed E-state index contributed by atoms with van der Waals surface area (Å²) in [5.41, 5.74) is 2.44. The zero-order valence-electron chi connectivity index (χ0n) is 5.44. The van der Waals surface area contributed by atoms with Crippen LogP contribution in [-0.4, -0.2) is 5.71 Å². The highest BCUT2D eigenvalue weighted by Gasteiger charge is 2.02. The van der Waals surface area contributed by atoms with E-state index >= 15 is 0 Å². The minimum atomic E-state index is 1.15. The van der Waals surface area contributed by atoms with Crippen LogP contribution < -0.4 is 0 Å². The fourth-order valence-electron chi connectivity index (χ4n) is 0.850. The lowest BCUT2D eigenvalue weighted by Crippen LogP contribution is -2.01. The standard InChI is InChI=1S/C7H11N/c1-3-4-7-5-6(2)8-7/h5H,3-4H2,1-2H3. The van der Waals surface area contributed by atoms with Gasteiger partial charge in [-0.1, -0.05) is 13.3 Å². The summed E-state index contributed by atoms with van der Waals surface area (Å²) < 4.78 is 0. The highest BCUT2D eigenvalue weighted by Crippen LogP contribution is 2.11. The lowest BCUT2D eigenvalue weighted by molar-refractivity contribution is 0.980. The SMILES string of the molecule is CCCC1=NC(C)=C1. The molecule has 44 valence electrons. The third kappa shape index (κ3) is 0.971. The molecule has 0 spiro atoms. The van der Waals surface area contributed by atoms with E-state index in [4.69, 9.17) is 0 Å². The van der Waals surface area contributed by atoms with Crippen LogP contribution in [0.1, 0.15) is 26.7 Å². The fourth-order valence-corrected chi connectivity index (χ4v) is 0.850. The number of hydrogen-bond acceptors (Lipinski definition) is 1. The average molecular weight is 109 g/mol.